The maximum absolute atomic E-state index is 11.8. The van der Waals surface area contributed by atoms with Crippen LogP contribution in [-0.2, 0) is 6.18 Å². The first-order chi connectivity index (χ1) is 13.2. The van der Waals surface area contributed by atoms with Gasteiger partial charge in [0.15, 0.2) is 0 Å². The second kappa shape index (κ2) is 8.76. The predicted octanol–water partition coefficient (Wildman–Crippen LogP) is 5.88. The molecule has 0 spiro atoms. The predicted molar refractivity (Wildman–Crippen MR) is 96.6 cm³/mol. The SMILES string of the molecule is FC(F)(F)c1ccccc1.O=[N+]([O-])c1ccc(-c2ccc([N+](=O)[O-])cc2)cc1. The molecule has 0 aliphatic heterocycles. The van der Waals surface area contributed by atoms with Gasteiger partial charge >= 0.3 is 6.18 Å². The molecule has 0 atom stereocenters. The molecule has 0 aromatic heterocycles. The van der Waals surface area contributed by atoms with Gasteiger partial charge in [0.2, 0.25) is 0 Å². The van der Waals surface area contributed by atoms with Crippen molar-refractivity contribution in [3.63, 3.8) is 0 Å². The van der Waals surface area contributed by atoms with Crippen LogP contribution in [-0.4, -0.2) is 9.85 Å². The van der Waals surface area contributed by atoms with Crippen LogP contribution in [0.25, 0.3) is 11.1 Å². The van der Waals surface area contributed by atoms with Gasteiger partial charge in [-0.1, -0.05) is 30.3 Å². The molecule has 3 aromatic rings. The molecule has 0 N–H and O–H groups in total. The highest BCUT2D eigenvalue weighted by molar-refractivity contribution is 5.65. The van der Waals surface area contributed by atoms with E-state index in [0.29, 0.717) is 0 Å². The van der Waals surface area contributed by atoms with Crippen molar-refractivity contribution < 1.29 is 23.0 Å². The van der Waals surface area contributed by atoms with Crippen molar-refractivity contribution in [2.24, 2.45) is 0 Å². The number of rotatable bonds is 3. The minimum Gasteiger partial charge on any atom is -0.258 e. The van der Waals surface area contributed by atoms with Crippen LogP contribution < -0.4 is 0 Å². The Bertz CT molecular complexity index is 886. The summed E-state index contributed by atoms with van der Waals surface area (Å²) in [5, 5.41) is 21.0. The lowest BCUT2D eigenvalue weighted by Gasteiger charge is -2.03. The topological polar surface area (TPSA) is 86.3 Å². The molecule has 0 bridgehead atoms. The Kier molecular flexibility index (Phi) is 6.43. The van der Waals surface area contributed by atoms with E-state index in [1.807, 2.05) is 0 Å². The van der Waals surface area contributed by atoms with E-state index in [9.17, 15) is 33.4 Å². The zero-order valence-corrected chi connectivity index (χ0v) is 14.2. The van der Waals surface area contributed by atoms with Crippen LogP contribution in [0.5, 0.6) is 0 Å². The van der Waals surface area contributed by atoms with E-state index < -0.39 is 21.6 Å². The summed E-state index contributed by atoms with van der Waals surface area (Å²) >= 11 is 0. The Labute approximate surface area is 157 Å². The lowest BCUT2D eigenvalue weighted by atomic mass is 10.1. The van der Waals surface area contributed by atoms with Crippen molar-refractivity contribution in [1.29, 1.82) is 0 Å². The van der Waals surface area contributed by atoms with E-state index in [1.165, 1.54) is 36.4 Å². The van der Waals surface area contributed by atoms with E-state index in [2.05, 4.69) is 0 Å². The number of benzene rings is 3. The summed E-state index contributed by atoms with van der Waals surface area (Å²) in [5.74, 6) is 0. The molecular formula is C19H13F3N2O4. The lowest BCUT2D eigenvalue weighted by Crippen LogP contribution is -2.03. The van der Waals surface area contributed by atoms with Crippen molar-refractivity contribution in [1.82, 2.24) is 0 Å². The Morgan fingerprint density at radius 1 is 0.607 bits per heavy atom. The van der Waals surface area contributed by atoms with Crippen LogP contribution in [0.4, 0.5) is 24.5 Å². The average molecular weight is 390 g/mol. The highest BCUT2D eigenvalue weighted by Gasteiger charge is 2.29. The maximum Gasteiger partial charge on any atom is 0.416 e. The highest BCUT2D eigenvalue weighted by Crippen LogP contribution is 2.28. The Hall–Kier alpha value is -3.75. The van der Waals surface area contributed by atoms with E-state index in [0.717, 1.165) is 23.3 Å². The summed E-state index contributed by atoms with van der Waals surface area (Å²) in [5.41, 5.74) is 0.974. The van der Waals surface area contributed by atoms with Gasteiger partial charge < -0.3 is 0 Å². The van der Waals surface area contributed by atoms with Gasteiger partial charge in [-0.25, -0.2) is 0 Å². The van der Waals surface area contributed by atoms with Gasteiger partial charge in [-0.05, 0) is 35.4 Å². The zero-order chi connectivity index (χ0) is 20.7. The minimum atomic E-state index is -4.21. The fourth-order valence-electron chi connectivity index (χ4n) is 2.18. The molecule has 0 fully saturated rings. The van der Waals surface area contributed by atoms with Crippen LogP contribution in [0.15, 0.2) is 78.9 Å². The summed E-state index contributed by atoms with van der Waals surface area (Å²) in [6.07, 6.45) is -4.21. The fraction of sp³-hybridized carbons (Fsp3) is 0.0526. The molecule has 0 aliphatic rings. The molecule has 3 rings (SSSR count). The molecule has 0 unspecified atom stereocenters. The Morgan fingerprint density at radius 2 is 0.964 bits per heavy atom. The van der Waals surface area contributed by atoms with Crippen LogP contribution >= 0.6 is 0 Å². The largest absolute Gasteiger partial charge is 0.416 e. The first-order valence-corrected chi connectivity index (χ1v) is 7.80. The summed E-state index contributed by atoms with van der Waals surface area (Å²) in [4.78, 5) is 20.1. The minimum absolute atomic E-state index is 0.0145. The summed E-state index contributed by atoms with van der Waals surface area (Å²) in [7, 11) is 0. The molecule has 6 nitrogen and oxygen atoms in total. The summed E-state index contributed by atoms with van der Waals surface area (Å²) in [6, 6.07) is 18.4. The van der Waals surface area contributed by atoms with Crippen LogP contribution in [0, 0.1) is 20.2 Å². The number of nitrogens with zero attached hydrogens (tertiary/aromatic N) is 2. The molecule has 0 heterocycles. The van der Waals surface area contributed by atoms with Crippen molar-refractivity contribution in [2.75, 3.05) is 0 Å². The normalized spacial score (nSPS) is 10.5. The van der Waals surface area contributed by atoms with E-state index >= 15 is 0 Å². The third kappa shape index (κ3) is 5.63. The van der Waals surface area contributed by atoms with Gasteiger partial charge in [0, 0.05) is 24.3 Å². The third-order valence-corrected chi connectivity index (χ3v) is 3.59. The first-order valence-electron chi connectivity index (χ1n) is 7.80. The van der Waals surface area contributed by atoms with Crippen molar-refractivity contribution >= 4 is 11.4 Å². The number of non-ortho nitro benzene ring substituents is 2. The van der Waals surface area contributed by atoms with Gasteiger partial charge in [0.25, 0.3) is 11.4 Å². The number of nitro benzene ring substituents is 2. The maximum atomic E-state index is 11.8. The van der Waals surface area contributed by atoms with Gasteiger partial charge in [0.1, 0.15) is 0 Å². The second-order valence-electron chi connectivity index (χ2n) is 5.47. The number of hydrogen-bond acceptors (Lipinski definition) is 4. The van der Waals surface area contributed by atoms with Gasteiger partial charge in [-0.3, -0.25) is 20.2 Å². The lowest BCUT2D eigenvalue weighted by molar-refractivity contribution is -0.385. The summed E-state index contributed by atoms with van der Waals surface area (Å²) in [6.45, 7) is 0. The zero-order valence-electron chi connectivity index (χ0n) is 14.2. The number of hydrogen-bond donors (Lipinski definition) is 0. The monoisotopic (exact) mass is 390 g/mol. The molecule has 0 radical (unpaired) electrons. The van der Waals surface area contributed by atoms with Gasteiger partial charge in [0.05, 0.1) is 15.4 Å². The highest BCUT2D eigenvalue weighted by atomic mass is 19.4. The van der Waals surface area contributed by atoms with E-state index in [-0.39, 0.29) is 11.4 Å². The van der Waals surface area contributed by atoms with Gasteiger partial charge in [-0.2, -0.15) is 13.2 Å². The molecule has 0 aliphatic carbocycles. The first kappa shape index (κ1) is 20.6. The van der Waals surface area contributed by atoms with Crippen molar-refractivity contribution in [3.05, 3.63) is 105 Å². The molecule has 144 valence electrons. The molecule has 3 aromatic carbocycles. The molecule has 28 heavy (non-hydrogen) atoms. The van der Waals surface area contributed by atoms with Crippen LogP contribution in [0.3, 0.4) is 0 Å². The van der Waals surface area contributed by atoms with Crippen molar-refractivity contribution in [3.8, 4) is 11.1 Å². The van der Waals surface area contributed by atoms with E-state index in [1.54, 1.807) is 30.3 Å². The number of alkyl halides is 3. The molecule has 0 amide bonds. The quantitative estimate of drug-likeness (QED) is 0.413. The van der Waals surface area contributed by atoms with Crippen molar-refractivity contribution in [2.45, 2.75) is 6.18 Å². The smallest absolute Gasteiger partial charge is 0.258 e. The Balaban J connectivity index is 0.000000237. The van der Waals surface area contributed by atoms with E-state index in [4.69, 9.17) is 0 Å². The summed E-state index contributed by atoms with van der Waals surface area (Å²) < 4.78 is 35.4. The third-order valence-electron chi connectivity index (χ3n) is 3.59. The molecule has 0 saturated heterocycles. The molecular weight excluding hydrogens is 377 g/mol. The second-order valence-corrected chi connectivity index (χ2v) is 5.47. The molecule has 0 saturated carbocycles. The standard InChI is InChI=1S/C12H8N2O4.C7H5F3/c15-13(16)11-5-1-9(2-6-11)10-3-7-12(8-4-10)14(17)18;8-7(9,10)6-4-2-1-3-5-6/h1-8H;1-5H. The number of nitro groups is 2. The average Bonchev–Trinajstić information content (AvgIpc) is 2.69. The fourth-order valence-corrected chi connectivity index (χ4v) is 2.18. The van der Waals surface area contributed by atoms with Gasteiger partial charge in [-0.15, -0.1) is 0 Å². The van der Waals surface area contributed by atoms with Crippen LogP contribution in [0.1, 0.15) is 5.56 Å². The molecule has 9 heteroatoms. The Morgan fingerprint density at radius 3 is 1.21 bits per heavy atom. The van der Waals surface area contributed by atoms with Crippen LogP contribution in [0.2, 0.25) is 0 Å². The number of halogens is 3.